The van der Waals surface area contributed by atoms with Gasteiger partial charge >= 0.3 is 5.97 Å². The van der Waals surface area contributed by atoms with Crippen LogP contribution in [0, 0.1) is 0 Å². The Morgan fingerprint density at radius 1 is 0.676 bits per heavy atom. The minimum Gasteiger partial charge on any atom is -0.466 e. The number of methoxy groups -OCH3 is 1. The molecule has 0 spiro atoms. The van der Waals surface area contributed by atoms with Crippen LogP contribution in [0.3, 0.4) is 0 Å². The number of hydrogen-bond donors (Lipinski definition) is 1. The largest absolute Gasteiger partial charge is 0.466 e. The van der Waals surface area contributed by atoms with Crippen LogP contribution in [0.5, 0.6) is 0 Å². The van der Waals surface area contributed by atoms with Gasteiger partial charge in [-0.15, -0.1) is 11.8 Å². The SMILES string of the molecule is COC(=O)C1=C(c2ccc(Cl)c(Cl)c2)CC2CCC1N2CCCN(CCS(c1ccccc1)(c1ccccc1)c1ccccc1)CC(=O)NCCSC(c1ccccc1)(c1ccccc1)c1ccccc1. The normalized spacial score (nSPS) is 16.2. The van der Waals surface area contributed by atoms with Crippen molar-refractivity contribution in [3.8, 4) is 0 Å². The van der Waals surface area contributed by atoms with Crippen molar-refractivity contribution in [3.63, 3.8) is 0 Å². The molecular formula is C61H61Cl2N3O3S2. The second-order valence-electron chi connectivity index (χ2n) is 18.2. The average Bonchev–Trinajstić information content (AvgIpc) is 3.70. The Morgan fingerprint density at radius 2 is 1.18 bits per heavy atom. The van der Waals surface area contributed by atoms with Gasteiger partial charge in [0.2, 0.25) is 5.91 Å². The number of fused-ring (bicyclic) bond motifs is 2. The van der Waals surface area contributed by atoms with Crippen LogP contribution >= 0.6 is 45.0 Å². The lowest BCUT2D eigenvalue weighted by Gasteiger charge is -2.43. The maximum absolute atomic E-state index is 14.4. The summed E-state index contributed by atoms with van der Waals surface area (Å²) in [6, 6.07) is 70.7. The second-order valence-corrected chi connectivity index (χ2v) is 23.6. The molecule has 2 aliphatic rings. The van der Waals surface area contributed by atoms with Gasteiger partial charge in [-0.25, -0.2) is 4.79 Å². The molecule has 0 aliphatic carbocycles. The fraction of sp³-hybridized carbons (Fsp3) is 0.246. The number of esters is 1. The van der Waals surface area contributed by atoms with Gasteiger partial charge in [-0.3, -0.25) is 14.6 Å². The molecule has 9 rings (SSSR count). The molecule has 2 atom stereocenters. The first kappa shape index (κ1) is 50.4. The molecule has 7 aromatic carbocycles. The summed E-state index contributed by atoms with van der Waals surface area (Å²) in [5.41, 5.74) is 6.21. The number of thioether (sulfide) groups is 1. The Morgan fingerprint density at radius 3 is 1.68 bits per heavy atom. The fourth-order valence-corrected chi connectivity index (χ4v) is 16.5. The first-order valence-corrected chi connectivity index (χ1v) is 28.1. The number of carbonyl (C=O) groups is 2. The van der Waals surface area contributed by atoms with E-state index in [4.69, 9.17) is 27.9 Å². The molecule has 6 nitrogen and oxygen atoms in total. The molecule has 10 heteroatoms. The number of halogens is 2. The topological polar surface area (TPSA) is 61.9 Å². The van der Waals surface area contributed by atoms with E-state index in [0.29, 0.717) is 41.0 Å². The molecule has 0 saturated carbocycles. The molecule has 0 radical (unpaired) electrons. The first-order chi connectivity index (χ1) is 34.8. The van der Waals surface area contributed by atoms with Crippen LogP contribution in [0.1, 0.15) is 47.9 Å². The molecule has 1 fully saturated rings. The molecule has 0 aromatic heterocycles. The molecule has 2 aliphatic heterocycles. The van der Waals surface area contributed by atoms with Gasteiger partial charge in [-0.2, -0.15) is 10.0 Å². The maximum Gasteiger partial charge on any atom is 0.335 e. The van der Waals surface area contributed by atoms with E-state index in [9.17, 15) is 9.59 Å². The van der Waals surface area contributed by atoms with E-state index in [-0.39, 0.29) is 30.5 Å². The summed E-state index contributed by atoms with van der Waals surface area (Å²) in [5, 5.41) is 4.32. The highest BCUT2D eigenvalue weighted by Crippen LogP contribution is 2.68. The van der Waals surface area contributed by atoms with Crippen LogP contribution in [0.15, 0.2) is 220 Å². The Kier molecular flexibility index (Phi) is 16.9. The van der Waals surface area contributed by atoms with Crippen molar-refractivity contribution in [1.29, 1.82) is 0 Å². The van der Waals surface area contributed by atoms with Gasteiger partial charge in [0.05, 0.1) is 34.0 Å². The van der Waals surface area contributed by atoms with Gasteiger partial charge in [0.1, 0.15) is 0 Å². The number of hydrogen-bond acceptors (Lipinski definition) is 6. The molecule has 7 aromatic rings. The average molecular weight is 1020 g/mol. The van der Waals surface area contributed by atoms with Gasteiger partial charge in [0, 0.05) is 43.2 Å². The number of benzene rings is 7. The van der Waals surface area contributed by atoms with Gasteiger partial charge in [-0.1, -0.05) is 175 Å². The minimum absolute atomic E-state index is 0.00952. The van der Waals surface area contributed by atoms with Crippen LogP contribution < -0.4 is 5.32 Å². The van der Waals surface area contributed by atoms with E-state index in [0.717, 1.165) is 49.1 Å². The standard InChI is InChI=1S/C61H61Cl2N3O3S2/c1-69-60(68)59-54(46-33-35-55(62)56(63)43-46)44-50-34-36-57(59)66(50)39-20-38-65(40-42-71(51-27-14-5-15-28-51,52-29-16-6-17-30-52)53-31-18-7-19-32-53)45-58(67)64-37-41-70-61(47-21-8-2-9-22-47,48-23-10-3-11-24-48)49-25-12-4-13-26-49/h2-19,21-33,35,43,50,57H,20,34,36-42,44-45H2,1H3,(H,64,67). The van der Waals surface area contributed by atoms with E-state index in [2.05, 4.69) is 197 Å². The predicted octanol–water partition coefficient (Wildman–Crippen LogP) is 13.7. The Bertz CT molecular complexity index is 2680. The lowest BCUT2D eigenvalue weighted by Crippen LogP contribution is -2.45. The molecule has 1 N–H and O–H groups in total. The van der Waals surface area contributed by atoms with E-state index in [1.54, 1.807) is 6.07 Å². The summed E-state index contributed by atoms with van der Waals surface area (Å²) >= 11 is 14.7. The van der Waals surface area contributed by atoms with Gasteiger partial charge in [-0.05, 0) is 123 Å². The van der Waals surface area contributed by atoms with Crippen molar-refractivity contribution < 1.29 is 14.3 Å². The number of amides is 1. The van der Waals surface area contributed by atoms with E-state index >= 15 is 0 Å². The molecule has 1 saturated heterocycles. The number of ether oxygens (including phenoxy) is 1. The second kappa shape index (κ2) is 23.8. The molecule has 2 unspecified atom stereocenters. The summed E-state index contributed by atoms with van der Waals surface area (Å²) < 4.78 is 4.97. The Balaban J connectivity index is 0.970. The molecule has 1 amide bonds. The first-order valence-electron chi connectivity index (χ1n) is 24.6. The molecule has 2 heterocycles. The summed E-state index contributed by atoms with van der Waals surface area (Å²) in [5.74, 6) is 1.24. The highest BCUT2D eigenvalue weighted by molar-refractivity contribution is 8.33. The van der Waals surface area contributed by atoms with Crippen molar-refractivity contribution >= 4 is 62.4 Å². The van der Waals surface area contributed by atoms with E-state index in [1.165, 1.54) is 38.5 Å². The minimum atomic E-state index is -1.75. The van der Waals surface area contributed by atoms with Crippen molar-refractivity contribution in [2.24, 2.45) is 0 Å². The number of nitrogens with zero attached hydrogens (tertiary/aromatic N) is 2. The summed E-state index contributed by atoms with van der Waals surface area (Å²) in [6.45, 7) is 2.98. The zero-order valence-electron chi connectivity index (χ0n) is 40.2. The highest BCUT2D eigenvalue weighted by atomic mass is 35.5. The third-order valence-corrected chi connectivity index (χ3v) is 20.4. The Labute approximate surface area is 435 Å². The zero-order chi connectivity index (χ0) is 49.0. The number of nitrogens with one attached hydrogen (secondary N) is 1. The zero-order valence-corrected chi connectivity index (χ0v) is 43.3. The maximum atomic E-state index is 14.4. The number of carbonyl (C=O) groups excluding carboxylic acids is 2. The summed E-state index contributed by atoms with van der Waals surface area (Å²) in [7, 11) is -0.292. The van der Waals surface area contributed by atoms with Crippen molar-refractivity contribution in [3.05, 3.63) is 238 Å². The lowest BCUT2D eigenvalue weighted by molar-refractivity contribution is -0.137. The molecule has 71 heavy (non-hydrogen) atoms. The van der Waals surface area contributed by atoms with Crippen molar-refractivity contribution in [2.75, 3.05) is 51.3 Å². The van der Waals surface area contributed by atoms with Gasteiger partial charge in [0.25, 0.3) is 0 Å². The van der Waals surface area contributed by atoms with E-state index < -0.39 is 14.8 Å². The van der Waals surface area contributed by atoms with Crippen molar-refractivity contribution in [2.45, 2.75) is 57.2 Å². The smallest absolute Gasteiger partial charge is 0.335 e. The molecule has 2 bridgehead atoms. The van der Waals surface area contributed by atoms with Crippen LogP contribution in [0.25, 0.3) is 5.57 Å². The van der Waals surface area contributed by atoms with Gasteiger partial charge < -0.3 is 10.1 Å². The highest BCUT2D eigenvalue weighted by Gasteiger charge is 2.44. The van der Waals surface area contributed by atoms with E-state index in [1.807, 2.05) is 23.9 Å². The van der Waals surface area contributed by atoms with Crippen LogP contribution in [-0.4, -0.2) is 85.1 Å². The predicted molar refractivity (Wildman–Crippen MR) is 296 cm³/mol. The number of rotatable bonds is 21. The quantitative estimate of drug-likeness (QED) is 0.0440. The van der Waals surface area contributed by atoms with Crippen LogP contribution in [0.4, 0.5) is 0 Å². The van der Waals surface area contributed by atoms with Crippen LogP contribution in [0.2, 0.25) is 10.0 Å². The monoisotopic (exact) mass is 1020 g/mol. The van der Waals surface area contributed by atoms with Crippen LogP contribution in [-0.2, 0) is 19.1 Å². The fourth-order valence-electron chi connectivity index (χ4n) is 10.8. The third-order valence-electron chi connectivity index (χ3n) is 14.1. The molecule has 364 valence electrons. The summed E-state index contributed by atoms with van der Waals surface area (Å²) in [6.07, 6.45) is 3.41. The van der Waals surface area contributed by atoms with Crippen molar-refractivity contribution in [1.82, 2.24) is 15.1 Å². The third kappa shape index (κ3) is 11.1. The van der Waals surface area contributed by atoms with Gasteiger partial charge in [0.15, 0.2) is 0 Å². The lowest BCUT2D eigenvalue weighted by atomic mass is 9.84. The molecular weight excluding hydrogens is 958 g/mol. The Hall–Kier alpha value is -5.58. The summed E-state index contributed by atoms with van der Waals surface area (Å²) in [4.78, 5) is 36.8.